The highest BCUT2D eigenvalue weighted by molar-refractivity contribution is 6.05. The van der Waals surface area contributed by atoms with Gasteiger partial charge in [0.05, 0.1) is 22.2 Å². The van der Waals surface area contributed by atoms with Gasteiger partial charge in [-0.2, -0.15) is 13.2 Å². The van der Waals surface area contributed by atoms with E-state index in [4.69, 9.17) is 4.52 Å². The molecule has 3 aromatic heterocycles. The Balaban J connectivity index is 1.87. The van der Waals surface area contributed by atoms with E-state index >= 15 is 0 Å². The van der Waals surface area contributed by atoms with Crippen molar-refractivity contribution in [2.24, 2.45) is 0 Å². The molecule has 0 aliphatic heterocycles. The molecule has 0 aliphatic carbocycles. The number of nitrogens with zero attached hydrogens (tertiary/aromatic N) is 3. The molecular weight excluding hydrogens is 313 g/mol. The predicted molar refractivity (Wildman–Crippen MR) is 73.7 cm³/mol. The second kappa shape index (κ2) is 5.34. The molecule has 0 spiro atoms. The van der Waals surface area contributed by atoms with E-state index in [9.17, 15) is 18.0 Å². The minimum absolute atomic E-state index is 0.156. The first-order valence-corrected chi connectivity index (χ1v) is 6.41. The van der Waals surface area contributed by atoms with Crippen LogP contribution in [0.3, 0.4) is 0 Å². The van der Waals surface area contributed by atoms with Gasteiger partial charge in [0.1, 0.15) is 5.82 Å². The summed E-state index contributed by atoms with van der Waals surface area (Å²) < 4.78 is 42.9. The largest absolute Gasteiger partial charge is 0.416 e. The lowest BCUT2D eigenvalue weighted by molar-refractivity contribution is -0.137. The van der Waals surface area contributed by atoms with Crippen molar-refractivity contribution in [3.05, 3.63) is 47.4 Å². The number of hydrogen-bond donors (Lipinski definition) is 1. The van der Waals surface area contributed by atoms with Crippen molar-refractivity contribution in [2.75, 3.05) is 5.32 Å². The van der Waals surface area contributed by atoms with Gasteiger partial charge in [-0.3, -0.25) is 4.79 Å². The molecule has 1 N–H and O–H groups in total. The summed E-state index contributed by atoms with van der Waals surface area (Å²) in [5, 5.41) is 6.57. The zero-order valence-corrected chi connectivity index (χ0v) is 11.7. The van der Waals surface area contributed by atoms with Crippen LogP contribution in [0.1, 0.15) is 21.6 Å². The van der Waals surface area contributed by atoms with E-state index in [0.717, 1.165) is 18.3 Å². The van der Waals surface area contributed by atoms with Gasteiger partial charge in [-0.25, -0.2) is 9.97 Å². The van der Waals surface area contributed by atoms with Gasteiger partial charge in [0.25, 0.3) is 11.6 Å². The molecule has 0 bridgehead atoms. The molecule has 0 fully saturated rings. The first kappa shape index (κ1) is 14.9. The summed E-state index contributed by atoms with van der Waals surface area (Å²) in [6, 6.07) is 3.08. The number of carbonyl (C=O) groups excluding carboxylic acids is 1. The molecule has 0 saturated carbocycles. The van der Waals surface area contributed by atoms with E-state index in [1.54, 1.807) is 6.92 Å². The Kier molecular flexibility index (Phi) is 3.47. The molecule has 0 atom stereocenters. The zero-order chi connectivity index (χ0) is 16.6. The molecule has 0 saturated heterocycles. The summed E-state index contributed by atoms with van der Waals surface area (Å²) in [6.07, 6.45) is -2.29. The fourth-order valence-corrected chi connectivity index (χ4v) is 1.93. The molecule has 118 valence electrons. The van der Waals surface area contributed by atoms with Crippen molar-refractivity contribution < 1.29 is 22.5 Å². The van der Waals surface area contributed by atoms with Crippen LogP contribution < -0.4 is 5.32 Å². The molecule has 6 nitrogen and oxygen atoms in total. The molecule has 0 radical (unpaired) electrons. The Morgan fingerprint density at radius 3 is 2.78 bits per heavy atom. The quantitative estimate of drug-likeness (QED) is 0.783. The van der Waals surface area contributed by atoms with E-state index in [2.05, 4.69) is 20.4 Å². The first-order valence-electron chi connectivity index (χ1n) is 6.41. The number of pyridine rings is 2. The van der Waals surface area contributed by atoms with E-state index in [1.807, 2.05) is 0 Å². The van der Waals surface area contributed by atoms with Gasteiger partial charge in [-0.05, 0) is 25.1 Å². The number of halogens is 3. The van der Waals surface area contributed by atoms with Gasteiger partial charge >= 0.3 is 6.18 Å². The van der Waals surface area contributed by atoms with Gasteiger partial charge in [0, 0.05) is 12.4 Å². The van der Waals surface area contributed by atoms with Gasteiger partial charge in [0.2, 0.25) is 0 Å². The van der Waals surface area contributed by atoms with Crippen LogP contribution in [0.25, 0.3) is 11.1 Å². The smallest absolute Gasteiger partial charge is 0.336 e. The minimum atomic E-state index is -4.51. The van der Waals surface area contributed by atoms with Gasteiger partial charge in [0.15, 0.2) is 0 Å². The van der Waals surface area contributed by atoms with Crippen molar-refractivity contribution in [1.82, 2.24) is 15.1 Å². The number of anilines is 1. The Bertz CT molecular complexity index is 889. The number of amides is 1. The highest BCUT2D eigenvalue weighted by Crippen LogP contribution is 2.30. The summed E-state index contributed by atoms with van der Waals surface area (Å²) in [4.78, 5) is 19.8. The molecule has 23 heavy (non-hydrogen) atoms. The molecule has 1 amide bonds. The Hall–Kier alpha value is -2.97. The molecule has 0 aromatic carbocycles. The Morgan fingerprint density at radius 2 is 2.04 bits per heavy atom. The van der Waals surface area contributed by atoms with Crippen molar-refractivity contribution in [3.8, 4) is 0 Å². The van der Waals surface area contributed by atoms with Crippen LogP contribution >= 0.6 is 0 Å². The van der Waals surface area contributed by atoms with Gasteiger partial charge < -0.3 is 9.84 Å². The molecule has 3 heterocycles. The van der Waals surface area contributed by atoms with Crippen molar-refractivity contribution in [3.63, 3.8) is 0 Å². The fraction of sp³-hybridized carbons (Fsp3) is 0.143. The molecule has 0 unspecified atom stereocenters. The predicted octanol–water partition coefficient (Wildman–Crippen LogP) is 3.20. The number of carbonyl (C=O) groups is 1. The van der Waals surface area contributed by atoms with Crippen LogP contribution in [0.4, 0.5) is 19.0 Å². The van der Waals surface area contributed by atoms with Crippen LogP contribution in [0, 0.1) is 6.92 Å². The second-order valence-corrected chi connectivity index (χ2v) is 4.73. The molecule has 3 rings (SSSR count). The van der Waals surface area contributed by atoms with Crippen LogP contribution in [-0.4, -0.2) is 21.0 Å². The van der Waals surface area contributed by atoms with E-state index in [0.29, 0.717) is 11.1 Å². The lowest BCUT2D eigenvalue weighted by atomic mass is 10.2. The number of alkyl halides is 3. The average Bonchev–Trinajstić information content (AvgIpc) is 2.87. The topological polar surface area (TPSA) is 80.9 Å². The maximum absolute atomic E-state index is 12.6. The molecule has 3 aromatic rings. The highest BCUT2D eigenvalue weighted by Gasteiger charge is 2.30. The van der Waals surface area contributed by atoms with E-state index < -0.39 is 17.6 Å². The van der Waals surface area contributed by atoms with Gasteiger partial charge in [-0.15, -0.1) is 0 Å². The molecule has 9 heteroatoms. The summed E-state index contributed by atoms with van der Waals surface area (Å²) in [7, 11) is 0. The van der Waals surface area contributed by atoms with Gasteiger partial charge in [-0.1, -0.05) is 5.16 Å². The number of hydrogen-bond acceptors (Lipinski definition) is 5. The SMILES string of the molecule is Cc1noc2ncc(C(=O)Nc3cc(C(F)(F)F)ccn3)cc12. The second-order valence-electron chi connectivity index (χ2n) is 4.73. The highest BCUT2D eigenvalue weighted by atomic mass is 19.4. The van der Waals surface area contributed by atoms with E-state index in [1.165, 1.54) is 12.3 Å². The Morgan fingerprint density at radius 1 is 1.26 bits per heavy atom. The third-order valence-electron chi connectivity index (χ3n) is 3.10. The van der Waals surface area contributed by atoms with E-state index in [-0.39, 0.29) is 17.1 Å². The summed E-state index contributed by atoms with van der Waals surface area (Å²) in [5.74, 6) is -0.834. The number of nitrogens with one attached hydrogen (secondary N) is 1. The lowest BCUT2D eigenvalue weighted by Gasteiger charge is -2.09. The summed E-state index contributed by atoms with van der Waals surface area (Å²) in [6.45, 7) is 1.68. The number of fused-ring (bicyclic) bond motifs is 1. The van der Waals surface area contributed by atoms with Crippen molar-refractivity contribution in [2.45, 2.75) is 13.1 Å². The Labute approximate surface area is 127 Å². The minimum Gasteiger partial charge on any atom is -0.336 e. The standard InChI is InChI=1S/C14H9F3N4O2/c1-7-10-4-8(6-19-13(10)23-21-7)12(22)20-11-5-9(2-3-18-11)14(15,16)17/h2-6H,1H3,(H,18,20,22). The van der Waals surface area contributed by atoms with Crippen LogP contribution in [0.2, 0.25) is 0 Å². The maximum Gasteiger partial charge on any atom is 0.416 e. The van der Waals surface area contributed by atoms with Crippen LogP contribution in [0.5, 0.6) is 0 Å². The average molecular weight is 322 g/mol. The molecular formula is C14H9F3N4O2. The third kappa shape index (κ3) is 2.98. The number of aryl methyl sites for hydroxylation is 1. The number of aromatic nitrogens is 3. The maximum atomic E-state index is 12.6. The first-order chi connectivity index (χ1) is 10.8. The monoisotopic (exact) mass is 322 g/mol. The fourth-order valence-electron chi connectivity index (χ4n) is 1.93. The van der Waals surface area contributed by atoms with Crippen LogP contribution in [-0.2, 0) is 6.18 Å². The summed E-state index contributed by atoms with van der Waals surface area (Å²) >= 11 is 0. The zero-order valence-electron chi connectivity index (χ0n) is 11.7. The number of rotatable bonds is 2. The normalized spacial score (nSPS) is 11.7. The summed E-state index contributed by atoms with van der Waals surface area (Å²) in [5.41, 5.74) is 0.0878. The van der Waals surface area contributed by atoms with Crippen molar-refractivity contribution in [1.29, 1.82) is 0 Å². The van der Waals surface area contributed by atoms with Crippen LogP contribution in [0.15, 0.2) is 35.1 Å². The third-order valence-corrected chi connectivity index (χ3v) is 3.10. The van der Waals surface area contributed by atoms with Crippen molar-refractivity contribution >= 4 is 22.8 Å². The molecule has 0 aliphatic rings. The lowest BCUT2D eigenvalue weighted by Crippen LogP contribution is -2.14.